The van der Waals surface area contributed by atoms with E-state index in [0.29, 0.717) is 12.4 Å². The molecule has 158 valence electrons. The molecule has 2 aliphatic rings. The predicted molar refractivity (Wildman–Crippen MR) is 117 cm³/mol. The van der Waals surface area contributed by atoms with Crippen molar-refractivity contribution in [1.82, 2.24) is 10.2 Å². The Hall–Kier alpha value is -2.86. The molecule has 2 aromatic carbocycles. The highest BCUT2D eigenvalue weighted by atomic mass is 16.5. The van der Waals surface area contributed by atoms with Crippen LogP contribution in [0, 0.1) is 0 Å². The van der Waals surface area contributed by atoms with Gasteiger partial charge in [0.05, 0.1) is 13.7 Å². The van der Waals surface area contributed by atoms with Crippen LogP contribution >= 0.6 is 0 Å². The SMILES string of the molecule is CCCOc1cc(CN2CCC3(CC2)N=C(c2ccccc2)NC3=O)ccc1OC. The van der Waals surface area contributed by atoms with Crippen molar-refractivity contribution < 1.29 is 14.3 Å². The van der Waals surface area contributed by atoms with Gasteiger partial charge in [-0.3, -0.25) is 14.7 Å². The van der Waals surface area contributed by atoms with Gasteiger partial charge in [0.25, 0.3) is 5.91 Å². The molecule has 1 saturated heterocycles. The summed E-state index contributed by atoms with van der Waals surface area (Å²) < 4.78 is 11.2. The number of benzene rings is 2. The summed E-state index contributed by atoms with van der Waals surface area (Å²) in [4.78, 5) is 20.0. The summed E-state index contributed by atoms with van der Waals surface area (Å²) in [7, 11) is 1.66. The van der Waals surface area contributed by atoms with Gasteiger partial charge in [-0.1, -0.05) is 43.3 Å². The molecule has 6 heteroatoms. The highest BCUT2D eigenvalue weighted by Gasteiger charge is 2.45. The first kappa shape index (κ1) is 20.4. The van der Waals surface area contributed by atoms with Crippen LogP contribution in [0.25, 0.3) is 0 Å². The molecule has 1 N–H and O–H groups in total. The van der Waals surface area contributed by atoms with Gasteiger partial charge in [0.15, 0.2) is 11.5 Å². The molecule has 0 aromatic heterocycles. The summed E-state index contributed by atoms with van der Waals surface area (Å²) in [5.74, 6) is 2.27. The number of amides is 1. The molecule has 1 amide bonds. The van der Waals surface area contributed by atoms with Crippen molar-refractivity contribution in [3.8, 4) is 11.5 Å². The van der Waals surface area contributed by atoms with Gasteiger partial charge in [-0.2, -0.15) is 0 Å². The average Bonchev–Trinajstić information content (AvgIpc) is 3.10. The fourth-order valence-corrected chi connectivity index (χ4v) is 4.07. The third-order valence-corrected chi connectivity index (χ3v) is 5.81. The Morgan fingerprint density at radius 1 is 1.10 bits per heavy atom. The topological polar surface area (TPSA) is 63.2 Å². The Morgan fingerprint density at radius 2 is 1.87 bits per heavy atom. The van der Waals surface area contributed by atoms with Crippen molar-refractivity contribution in [2.24, 2.45) is 4.99 Å². The second kappa shape index (κ2) is 8.88. The molecule has 1 spiro atoms. The van der Waals surface area contributed by atoms with Gasteiger partial charge >= 0.3 is 0 Å². The Bertz CT molecular complexity index is 919. The minimum Gasteiger partial charge on any atom is -0.493 e. The number of hydrogen-bond donors (Lipinski definition) is 1. The molecule has 4 rings (SSSR count). The second-order valence-electron chi connectivity index (χ2n) is 7.92. The molecular formula is C24H29N3O3. The molecule has 2 heterocycles. The van der Waals surface area contributed by atoms with Crippen molar-refractivity contribution in [3.05, 3.63) is 59.7 Å². The number of carbonyl (C=O) groups excluding carboxylic acids is 1. The van der Waals surface area contributed by atoms with E-state index in [1.807, 2.05) is 36.4 Å². The van der Waals surface area contributed by atoms with E-state index in [-0.39, 0.29) is 5.91 Å². The maximum atomic E-state index is 12.7. The largest absolute Gasteiger partial charge is 0.493 e. The second-order valence-corrected chi connectivity index (χ2v) is 7.92. The highest BCUT2D eigenvalue weighted by Crippen LogP contribution is 2.33. The number of piperidine rings is 1. The third kappa shape index (κ3) is 4.19. The summed E-state index contributed by atoms with van der Waals surface area (Å²) in [6.07, 6.45) is 2.41. The van der Waals surface area contributed by atoms with Crippen molar-refractivity contribution in [2.75, 3.05) is 26.8 Å². The maximum Gasteiger partial charge on any atom is 0.253 e. The summed E-state index contributed by atoms with van der Waals surface area (Å²) in [6, 6.07) is 16.0. The number of methoxy groups -OCH3 is 1. The number of hydrogen-bond acceptors (Lipinski definition) is 5. The number of nitrogens with one attached hydrogen (secondary N) is 1. The van der Waals surface area contributed by atoms with Crippen LogP contribution < -0.4 is 14.8 Å². The van der Waals surface area contributed by atoms with E-state index >= 15 is 0 Å². The quantitative estimate of drug-likeness (QED) is 0.764. The van der Waals surface area contributed by atoms with E-state index in [9.17, 15) is 4.79 Å². The lowest BCUT2D eigenvalue weighted by molar-refractivity contribution is -0.125. The molecular weight excluding hydrogens is 378 g/mol. The van der Waals surface area contributed by atoms with Gasteiger partial charge in [-0.25, -0.2) is 0 Å². The number of aliphatic imine (C=N–C) groups is 1. The lowest BCUT2D eigenvalue weighted by Gasteiger charge is -2.35. The number of carbonyl (C=O) groups is 1. The molecule has 6 nitrogen and oxygen atoms in total. The van der Waals surface area contributed by atoms with Crippen molar-refractivity contribution in [2.45, 2.75) is 38.3 Å². The zero-order valence-corrected chi connectivity index (χ0v) is 17.7. The van der Waals surface area contributed by atoms with Gasteiger partial charge in [0, 0.05) is 25.2 Å². The summed E-state index contributed by atoms with van der Waals surface area (Å²) in [5, 5.41) is 3.00. The van der Waals surface area contributed by atoms with Gasteiger partial charge in [-0.05, 0) is 37.0 Å². The van der Waals surface area contributed by atoms with Gasteiger partial charge < -0.3 is 14.8 Å². The normalized spacial score (nSPS) is 18.2. The molecule has 0 bridgehead atoms. The first-order chi connectivity index (χ1) is 14.6. The van der Waals surface area contributed by atoms with Crippen LogP contribution in [0.4, 0.5) is 0 Å². The first-order valence-electron chi connectivity index (χ1n) is 10.6. The maximum absolute atomic E-state index is 12.7. The summed E-state index contributed by atoms with van der Waals surface area (Å²) >= 11 is 0. The number of ether oxygens (including phenoxy) is 2. The van der Waals surface area contributed by atoms with Crippen molar-refractivity contribution in [3.63, 3.8) is 0 Å². The minimum atomic E-state index is -0.628. The molecule has 1 fully saturated rings. The Labute approximate surface area is 177 Å². The third-order valence-electron chi connectivity index (χ3n) is 5.81. The van der Waals surface area contributed by atoms with Crippen LogP contribution in [0.2, 0.25) is 0 Å². The van der Waals surface area contributed by atoms with Crippen LogP contribution in [0.3, 0.4) is 0 Å². The van der Waals surface area contributed by atoms with E-state index in [0.717, 1.165) is 56.0 Å². The van der Waals surface area contributed by atoms with Crippen LogP contribution in [0.5, 0.6) is 11.5 Å². The van der Waals surface area contributed by atoms with Crippen LogP contribution in [-0.2, 0) is 11.3 Å². The smallest absolute Gasteiger partial charge is 0.253 e. The fourth-order valence-electron chi connectivity index (χ4n) is 4.07. The lowest BCUT2D eigenvalue weighted by Crippen LogP contribution is -2.48. The zero-order chi connectivity index (χ0) is 21.0. The molecule has 0 aliphatic carbocycles. The fraction of sp³-hybridized carbons (Fsp3) is 0.417. The Balaban J connectivity index is 1.41. The highest BCUT2D eigenvalue weighted by molar-refractivity contribution is 6.15. The Kier molecular flexibility index (Phi) is 6.04. The van der Waals surface area contributed by atoms with E-state index in [2.05, 4.69) is 29.3 Å². The number of nitrogens with zero attached hydrogens (tertiary/aromatic N) is 2. The number of likely N-dealkylation sites (tertiary alicyclic amines) is 1. The van der Waals surface area contributed by atoms with E-state index in [1.54, 1.807) is 7.11 Å². The first-order valence-corrected chi connectivity index (χ1v) is 10.6. The van der Waals surface area contributed by atoms with E-state index in [1.165, 1.54) is 5.56 Å². The van der Waals surface area contributed by atoms with Crippen LogP contribution in [0.15, 0.2) is 53.5 Å². The van der Waals surface area contributed by atoms with Gasteiger partial charge in [0.2, 0.25) is 0 Å². The summed E-state index contributed by atoms with van der Waals surface area (Å²) in [5.41, 5.74) is 1.52. The molecule has 0 radical (unpaired) electrons. The average molecular weight is 408 g/mol. The summed E-state index contributed by atoms with van der Waals surface area (Å²) in [6.45, 7) is 5.24. The lowest BCUT2D eigenvalue weighted by atomic mass is 9.88. The van der Waals surface area contributed by atoms with Gasteiger partial charge in [-0.15, -0.1) is 0 Å². The minimum absolute atomic E-state index is 0.0284. The molecule has 0 atom stereocenters. The van der Waals surface area contributed by atoms with E-state index in [4.69, 9.17) is 14.5 Å². The standard InChI is InChI=1S/C24H29N3O3/c1-3-15-30-21-16-18(9-10-20(21)29-2)17-27-13-11-24(12-14-27)23(28)25-22(26-24)19-7-5-4-6-8-19/h4-10,16H,3,11-15,17H2,1-2H3,(H,25,26,28). The van der Waals surface area contributed by atoms with Crippen LogP contribution in [-0.4, -0.2) is 49.0 Å². The molecule has 0 unspecified atom stereocenters. The molecule has 30 heavy (non-hydrogen) atoms. The number of rotatable bonds is 7. The van der Waals surface area contributed by atoms with Crippen molar-refractivity contribution >= 4 is 11.7 Å². The van der Waals surface area contributed by atoms with Gasteiger partial charge in [0.1, 0.15) is 11.4 Å². The monoisotopic (exact) mass is 407 g/mol. The molecule has 2 aliphatic heterocycles. The van der Waals surface area contributed by atoms with Crippen molar-refractivity contribution in [1.29, 1.82) is 0 Å². The molecule has 0 saturated carbocycles. The Morgan fingerprint density at radius 3 is 2.57 bits per heavy atom. The number of amidine groups is 1. The van der Waals surface area contributed by atoms with E-state index < -0.39 is 5.54 Å². The molecule has 2 aromatic rings. The predicted octanol–water partition coefficient (Wildman–Crippen LogP) is 3.40. The zero-order valence-electron chi connectivity index (χ0n) is 17.7. The van der Waals surface area contributed by atoms with Crippen LogP contribution in [0.1, 0.15) is 37.3 Å².